The fourth-order valence-electron chi connectivity index (χ4n) is 3.26. The summed E-state index contributed by atoms with van der Waals surface area (Å²) >= 11 is 0. The zero-order chi connectivity index (χ0) is 14.3. The van der Waals surface area contributed by atoms with Crippen molar-refractivity contribution in [3.05, 3.63) is 72.0 Å². The number of ketones is 1. The third-order valence-electron chi connectivity index (χ3n) is 4.62. The zero-order valence-electron chi connectivity index (χ0n) is 11.7. The van der Waals surface area contributed by atoms with Crippen LogP contribution in [0.5, 0.6) is 0 Å². The Morgan fingerprint density at radius 1 is 0.952 bits per heavy atom. The van der Waals surface area contributed by atoms with E-state index in [4.69, 9.17) is 4.42 Å². The van der Waals surface area contributed by atoms with Crippen molar-refractivity contribution < 1.29 is 9.21 Å². The predicted molar refractivity (Wildman–Crippen MR) is 82.5 cm³/mol. The first-order chi connectivity index (χ1) is 10.3. The van der Waals surface area contributed by atoms with Crippen molar-refractivity contribution >= 4 is 16.8 Å². The van der Waals surface area contributed by atoms with Gasteiger partial charge in [0.25, 0.3) is 0 Å². The molecule has 21 heavy (non-hydrogen) atoms. The normalized spacial score (nSPS) is 16.6. The Morgan fingerprint density at radius 2 is 1.67 bits per heavy atom. The second-order valence-corrected chi connectivity index (χ2v) is 5.78. The van der Waals surface area contributed by atoms with Gasteiger partial charge in [0.1, 0.15) is 5.58 Å². The maximum Gasteiger partial charge on any atom is 0.208 e. The van der Waals surface area contributed by atoms with E-state index in [-0.39, 0.29) is 11.2 Å². The number of hydrogen-bond acceptors (Lipinski definition) is 2. The van der Waals surface area contributed by atoms with Gasteiger partial charge in [-0.05, 0) is 30.5 Å². The molecular weight excluding hydrogens is 260 g/mol. The molecule has 0 atom stereocenters. The molecule has 3 aromatic rings. The lowest BCUT2D eigenvalue weighted by molar-refractivity contribution is 0.0760. The zero-order valence-corrected chi connectivity index (χ0v) is 11.7. The highest BCUT2D eigenvalue weighted by atomic mass is 16.3. The van der Waals surface area contributed by atoms with E-state index in [1.54, 1.807) is 0 Å². The average molecular weight is 276 g/mol. The number of hydrogen-bond donors (Lipinski definition) is 0. The number of benzene rings is 2. The van der Waals surface area contributed by atoms with Crippen LogP contribution in [0.25, 0.3) is 11.0 Å². The molecule has 2 heteroatoms. The SMILES string of the molecule is O=C(c1cc2ccccc2o1)C1(c2ccccc2)CCC1. The predicted octanol–water partition coefficient (Wildman–Crippen LogP) is 4.74. The Labute approximate surface area is 123 Å². The molecule has 0 spiro atoms. The molecule has 4 rings (SSSR count). The number of carbonyl (C=O) groups excluding carboxylic acids is 1. The van der Waals surface area contributed by atoms with Crippen molar-refractivity contribution in [2.24, 2.45) is 0 Å². The van der Waals surface area contributed by atoms with E-state index in [9.17, 15) is 4.79 Å². The van der Waals surface area contributed by atoms with Crippen LogP contribution in [0.15, 0.2) is 65.1 Å². The van der Waals surface area contributed by atoms with E-state index < -0.39 is 0 Å². The summed E-state index contributed by atoms with van der Waals surface area (Å²) in [7, 11) is 0. The summed E-state index contributed by atoms with van der Waals surface area (Å²) in [5.74, 6) is 0.607. The molecule has 0 N–H and O–H groups in total. The van der Waals surface area contributed by atoms with Crippen molar-refractivity contribution in [1.29, 1.82) is 0 Å². The van der Waals surface area contributed by atoms with E-state index in [0.717, 1.165) is 35.8 Å². The molecule has 1 heterocycles. The number of Topliss-reactive ketones (excluding diaryl/α,β-unsaturated/α-hetero) is 1. The average Bonchev–Trinajstić information content (AvgIpc) is 2.91. The van der Waals surface area contributed by atoms with Gasteiger partial charge in [0.05, 0.1) is 5.41 Å². The molecular formula is C19H16O2. The molecule has 0 unspecified atom stereocenters. The summed E-state index contributed by atoms with van der Waals surface area (Å²) in [4.78, 5) is 13.0. The molecule has 1 saturated carbocycles. The van der Waals surface area contributed by atoms with Crippen molar-refractivity contribution in [3.63, 3.8) is 0 Å². The van der Waals surface area contributed by atoms with Crippen LogP contribution >= 0.6 is 0 Å². The Kier molecular flexibility index (Phi) is 2.71. The van der Waals surface area contributed by atoms with Crippen LogP contribution < -0.4 is 0 Å². The summed E-state index contributed by atoms with van der Waals surface area (Å²) in [6.07, 6.45) is 2.92. The van der Waals surface area contributed by atoms with Crippen LogP contribution in [-0.2, 0) is 5.41 Å². The standard InChI is InChI=1S/C19H16O2/c20-18(17-13-14-7-4-5-10-16(14)21-17)19(11-6-12-19)15-8-2-1-3-9-15/h1-5,7-10,13H,6,11-12H2. The van der Waals surface area contributed by atoms with Gasteiger partial charge in [0, 0.05) is 5.39 Å². The summed E-state index contributed by atoms with van der Waals surface area (Å²) in [5.41, 5.74) is 1.51. The first-order valence-electron chi connectivity index (χ1n) is 7.38. The van der Waals surface area contributed by atoms with Gasteiger partial charge in [-0.2, -0.15) is 0 Å². The molecule has 1 fully saturated rings. The maximum absolute atomic E-state index is 13.0. The quantitative estimate of drug-likeness (QED) is 0.647. The highest BCUT2D eigenvalue weighted by Gasteiger charge is 2.46. The summed E-state index contributed by atoms with van der Waals surface area (Å²) in [6, 6.07) is 19.7. The third kappa shape index (κ3) is 1.83. The van der Waals surface area contributed by atoms with Gasteiger partial charge in [-0.15, -0.1) is 0 Å². The van der Waals surface area contributed by atoms with Gasteiger partial charge in [-0.3, -0.25) is 4.79 Å². The Balaban J connectivity index is 1.79. The van der Waals surface area contributed by atoms with Crippen molar-refractivity contribution in [2.75, 3.05) is 0 Å². The van der Waals surface area contributed by atoms with Crippen molar-refractivity contribution in [2.45, 2.75) is 24.7 Å². The van der Waals surface area contributed by atoms with Crippen LogP contribution in [0.1, 0.15) is 35.4 Å². The highest BCUT2D eigenvalue weighted by molar-refractivity contribution is 6.05. The molecule has 0 bridgehead atoms. The number of para-hydroxylation sites is 1. The van der Waals surface area contributed by atoms with E-state index in [2.05, 4.69) is 12.1 Å². The topological polar surface area (TPSA) is 30.2 Å². The molecule has 104 valence electrons. The molecule has 2 nitrogen and oxygen atoms in total. The molecule has 0 radical (unpaired) electrons. The Hall–Kier alpha value is -2.35. The first-order valence-corrected chi connectivity index (χ1v) is 7.38. The minimum absolute atomic E-state index is 0.121. The number of fused-ring (bicyclic) bond motifs is 1. The van der Waals surface area contributed by atoms with Gasteiger partial charge >= 0.3 is 0 Å². The Bertz CT molecular complexity index is 762. The number of carbonyl (C=O) groups is 1. The number of rotatable bonds is 3. The molecule has 2 aromatic carbocycles. The first kappa shape index (κ1) is 12.4. The second kappa shape index (κ2) is 4.59. The van der Waals surface area contributed by atoms with Crippen molar-refractivity contribution in [1.82, 2.24) is 0 Å². The van der Waals surface area contributed by atoms with Crippen LogP contribution in [0.4, 0.5) is 0 Å². The monoisotopic (exact) mass is 276 g/mol. The van der Waals surface area contributed by atoms with Crippen LogP contribution in [0.2, 0.25) is 0 Å². The van der Waals surface area contributed by atoms with Gasteiger partial charge in [-0.1, -0.05) is 55.0 Å². The molecule has 1 aromatic heterocycles. The highest BCUT2D eigenvalue weighted by Crippen LogP contribution is 2.46. The lowest BCUT2D eigenvalue weighted by atomic mass is 9.61. The van der Waals surface area contributed by atoms with Gasteiger partial charge < -0.3 is 4.42 Å². The lowest BCUT2D eigenvalue weighted by Crippen LogP contribution is -2.42. The van der Waals surface area contributed by atoms with Crippen LogP contribution in [-0.4, -0.2) is 5.78 Å². The third-order valence-corrected chi connectivity index (χ3v) is 4.62. The molecule has 0 aliphatic heterocycles. The smallest absolute Gasteiger partial charge is 0.208 e. The van der Waals surface area contributed by atoms with E-state index in [1.165, 1.54) is 0 Å². The largest absolute Gasteiger partial charge is 0.453 e. The lowest BCUT2D eigenvalue weighted by Gasteiger charge is -2.40. The molecule has 1 aliphatic carbocycles. The van der Waals surface area contributed by atoms with E-state index >= 15 is 0 Å². The maximum atomic E-state index is 13.0. The minimum atomic E-state index is -0.380. The van der Waals surface area contributed by atoms with Gasteiger partial charge in [0.2, 0.25) is 5.78 Å². The van der Waals surface area contributed by atoms with Gasteiger partial charge in [0.15, 0.2) is 5.76 Å². The fourth-order valence-corrected chi connectivity index (χ4v) is 3.26. The number of furan rings is 1. The van der Waals surface area contributed by atoms with E-state index in [1.807, 2.05) is 48.5 Å². The summed E-state index contributed by atoms with van der Waals surface area (Å²) in [6.45, 7) is 0. The van der Waals surface area contributed by atoms with Crippen LogP contribution in [0, 0.1) is 0 Å². The van der Waals surface area contributed by atoms with E-state index in [0.29, 0.717) is 5.76 Å². The minimum Gasteiger partial charge on any atom is -0.453 e. The Morgan fingerprint density at radius 3 is 2.33 bits per heavy atom. The van der Waals surface area contributed by atoms with Crippen LogP contribution in [0.3, 0.4) is 0 Å². The molecule has 0 amide bonds. The molecule has 0 saturated heterocycles. The van der Waals surface area contributed by atoms with Crippen molar-refractivity contribution in [3.8, 4) is 0 Å². The summed E-state index contributed by atoms with van der Waals surface area (Å²) < 4.78 is 5.78. The van der Waals surface area contributed by atoms with Gasteiger partial charge in [-0.25, -0.2) is 0 Å². The molecule has 1 aliphatic rings. The second-order valence-electron chi connectivity index (χ2n) is 5.78. The summed E-state index contributed by atoms with van der Waals surface area (Å²) in [5, 5.41) is 0.989. The fraction of sp³-hybridized carbons (Fsp3) is 0.211.